The topological polar surface area (TPSA) is 82.5 Å². The predicted octanol–water partition coefficient (Wildman–Crippen LogP) is 1.02. The number of carbonyl (C=O) groups is 1. The number of pyridine rings is 1. The van der Waals surface area contributed by atoms with Gasteiger partial charge in [-0.3, -0.25) is 9.78 Å². The van der Waals surface area contributed by atoms with E-state index >= 15 is 0 Å². The monoisotopic (exact) mass is 292 g/mol. The Labute approximate surface area is 113 Å². The van der Waals surface area contributed by atoms with Crippen molar-refractivity contribution < 1.29 is 28.2 Å². The molecule has 0 aliphatic heterocycles. The Kier molecular flexibility index (Phi) is 5.46. The van der Waals surface area contributed by atoms with E-state index in [1.54, 1.807) is 0 Å². The first-order chi connectivity index (χ1) is 9.21. The Hall–Kier alpha value is -1.67. The Morgan fingerprint density at radius 2 is 2.05 bits per heavy atom. The second-order valence-corrected chi connectivity index (χ2v) is 4.26. The lowest BCUT2D eigenvalue weighted by atomic mass is 10.0. The zero-order chi connectivity index (χ0) is 15.3. The first kappa shape index (κ1) is 16.4. The van der Waals surface area contributed by atoms with Gasteiger partial charge in [0, 0.05) is 25.2 Å². The van der Waals surface area contributed by atoms with Crippen LogP contribution in [0.15, 0.2) is 18.3 Å². The van der Waals surface area contributed by atoms with Crippen molar-refractivity contribution in [3.05, 3.63) is 29.6 Å². The van der Waals surface area contributed by atoms with Crippen LogP contribution in [-0.4, -0.2) is 33.8 Å². The number of amides is 1. The van der Waals surface area contributed by atoms with Gasteiger partial charge in [-0.25, -0.2) is 0 Å². The first-order valence-electron chi connectivity index (χ1n) is 5.85. The van der Waals surface area contributed by atoms with Gasteiger partial charge in [-0.1, -0.05) is 6.07 Å². The first-order valence-corrected chi connectivity index (χ1v) is 5.85. The van der Waals surface area contributed by atoms with Crippen LogP contribution < -0.4 is 5.32 Å². The number of aliphatic hydroxyl groups excluding tert-OH is 2. The molecule has 1 aromatic heterocycles. The minimum atomic E-state index is -4.55. The highest BCUT2D eigenvalue weighted by molar-refractivity contribution is 5.72. The molecule has 8 heteroatoms. The summed E-state index contributed by atoms with van der Waals surface area (Å²) in [5.74, 6) is -0.275. The lowest BCUT2D eigenvalue weighted by molar-refractivity contribution is -0.141. The number of carbonyl (C=O) groups excluding carboxylic acids is 1. The molecule has 5 nitrogen and oxygen atoms in total. The summed E-state index contributed by atoms with van der Waals surface area (Å²) >= 11 is 0. The molecule has 0 aliphatic carbocycles. The molecule has 1 heterocycles. The lowest BCUT2D eigenvalue weighted by Crippen LogP contribution is -2.27. The third-order valence-electron chi connectivity index (χ3n) is 2.60. The van der Waals surface area contributed by atoms with Crippen molar-refractivity contribution in [2.75, 3.05) is 6.54 Å². The van der Waals surface area contributed by atoms with E-state index in [4.69, 9.17) is 0 Å². The van der Waals surface area contributed by atoms with E-state index in [2.05, 4.69) is 10.3 Å². The fourth-order valence-electron chi connectivity index (χ4n) is 1.52. The van der Waals surface area contributed by atoms with Crippen LogP contribution in [0.25, 0.3) is 0 Å². The van der Waals surface area contributed by atoms with Gasteiger partial charge in [0.25, 0.3) is 0 Å². The van der Waals surface area contributed by atoms with Gasteiger partial charge < -0.3 is 15.5 Å². The molecule has 0 radical (unpaired) electrons. The smallest absolute Gasteiger partial charge is 0.390 e. The number of alkyl halides is 3. The molecule has 1 aromatic rings. The molecule has 2 atom stereocenters. The SMILES string of the molecule is CC(=O)NCCC(O)C(O)c1ccc(C(F)(F)F)nc1. The maximum atomic E-state index is 12.3. The molecule has 112 valence electrons. The summed E-state index contributed by atoms with van der Waals surface area (Å²) in [5.41, 5.74) is -0.991. The Balaban J connectivity index is 2.62. The molecule has 0 saturated carbocycles. The van der Waals surface area contributed by atoms with E-state index in [0.717, 1.165) is 18.3 Å². The number of aromatic nitrogens is 1. The largest absolute Gasteiger partial charge is 0.433 e. The highest BCUT2D eigenvalue weighted by atomic mass is 19.4. The van der Waals surface area contributed by atoms with Gasteiger partial charge in [0.2, 0.25) is 5.91 Å². The number of halogens is 3. The summed E-state index contributed by atoms with van der Waals surface area (Å²) in [6.07, 6.45) is -6.18. The molecular weight excluding hydrogens is 277 g/mol. The van der Waals surface area contributed by atoms with Crippen molar-refractivity contribution in [3.63, 3.8) is 0 Å². The van der Waals surface area contributed by atoms with Crippen molar-refractivity contribution in [2.45, 2.75) is 31.7 Å². The molecule has 3 N–H and O–H groups in total. The van der Waals surface area contributed by atoms with Crippen LogP contribution in [0.5, 0.6) is 0 Å². The van der Waals surface area contributed by atoms with Crippen molar-refractivity contribution >= 4 is 5.91 Å². The van der Waals surface area contributed by atoms with E-state index in [1.807, 2.05) is 0 Å². The highest BCUT2D eigenvalue weighted by Gasteiger charge is 2.32. The van der Waals surface area contributed by atoms with Gasteiger partial charge in [-0.2, -0.15) is 13.2 Å². The van der Waals surface area contributed by atoms with Gasteiger partial charge in [-0.15, -0.1) is 0 Å². The molecule has 0 saturated heterocycles. The Morgan fingerprint density at radius 3 is 2.50 bits per heavy atom. The highest BCUT2D eigenvalue weighted by Crippen LogP contribution is 2.28. The van der Waals surface area contributed by atoms with Crippen molar-refractivity contribution in [2.24, 2.45) is 0 Å². The molecule has 0 fully saturated rings. The number of hydrogen-bond acceptors (Lipinski definition) is 4. The minimum Gasteiger partial charge on any atom is -0.390 e. The van der Waals surface area contributed by atoms with E-state index in [1.165, 1.54) is 6.92 Å². The molecule has 1 rings (SSSR count). The molecule has 2 unspecified atom stereocenters. The normalized spacial score (nSPS) is 14.7. The predicted molar refractivity (Wildman–Crippen MR) is 63.5 cm³/mol. The average molecular weight is 292 g/mol. The van der Waals surface area contributed by atoms with Crippen LogP contribution in [0.3, 0.4) is 0 Å². The van der Waals surface area contributed by atoms with Gasteiger partial charge >= 0.3 is 6.18 Å². The summed E-state index contributed by atoms with van der Waals surface area (Å²) in [6, 6.07) is 1.79. The van der Waals surface area contributed by atoms with E-state index in [-0.39, 0.29) is 24.4 Å². The second-order valence-electron chi connectivity index (χ2n) is 4.26. The second kappa shape index (κ2) is 6.67. The number of nitrogens with zero attached hydrogens (tertiary/aromatic N) is 1. The minimum absolute atomic E-state index is 0.0712. The van der Waals surface area contributed by atoms with E-state index in [9.17, 15) is 28.2 Å². The Morgan fingerprint density at radius 1 is 1.40 bits per heavy atom. The number of nitrogens with one attached hydrogen (secondary N) is 1. The summed E-state index contributed by atoms with van der Waals surface area (Å²) in [7, 11) is 0. The third-order valence-corrected chi connectivity index (χ3v) is 2.60. The average Bonchev–Trinajstić information content (AvgIpc) is 2.36. The lowest BCUT2D eigenvalue weighted by Gasteiger charge is -2.18. The molecular formula is C12H15F3N2O3. The zero-order valence-electron chi connectivity index (χ0n) is 10.7. The molecule has 0 bridgehead atoms. The number of rotatable bonds is 5. The quantitative estimate of drug-likeness (QED) is 0.757. The van der Waals surface area contributed by atoms with Crippen molar-refractivity contribution in [1.29, 1.82) is 0 Å². The van der Waals surface area contributed by atoms with Crippen LogP contribution in [0.2, 0.25) is 0 Å². The van der Waals surface area contributed by atoms with Gasteiger partial charge in [0.05, 0.1) is 6.10 Å². The summed E-state index contributed by atoms with van der Waals surface area (Å²) in [5, 5.41) is 21.9. The van der Waals surface area contributed by atoms with Crippen LogP contribution in [-0.2, 0) is 11.0 Å². The fourth-order valence-corrected chi connectivity index (χ4v) is 1.52. The summed E-state index contributed by atoms with van der Waals surface area (Å²) < 4.78 is 36.9. The number of aliphatic hydroxyl groups is 2. The van der Waals surface area contributed by atoms with Crippen LogP contribution in [0.1, 0.15) is 30.7 Å². The van der Waals surface area contributed by atoms with Gasteiger partial charge in [0.15, 0.2) is 0 Å². The summed E-state index contributed by atoms with van der Waals surface area (Å²) in [4.78, 5) is 13.8. The maximum Gasteiger partial charge on any atom is 0.433 e. The molecule has 0 aliphatic rings. The van der Waals surface area contributed by atoms with Crippen molar-refractivity contribution in [1.82, 2.24) is 10.3 Å². The standard InChI is InChI=1S/C12H15F3N2O3/c1-7(18)16-5-4-9(19)11(20)8-2-3-10(17-6-8)12(13,14)15/h2-3,6,9,11,19-20H,4-5H2,1H3,(H,16,18). The number of hydrogen-bond donors (Lipinski definition) is 3. The molecule has 0 aromatic carbocycles. The van der Waals surface area contributed by atoms with Crippen molar-refractivity contribution in [3.8, 4) is 0 Å². The third kappa shape index (κ3) is 4.78. The Bertz CT molecular complexity index is 448. The van der Waals surface area contributed by atoms with E-state index < -0.39 is 24.1 Å². The van der Waals surface area contributed by atoms with Crippen LogP contribution in [0, 0.1) is 0 Å². The maximum absolute atomic E-state index is 12.3. The van der Waals surface area contributed by atoms with Gasteiger partial charge in [-0.05, 0) is 12.5 Å². The fraction of sp³-hybridized carbons (Fsp3) is 0.500. The van der Waals surface area contributed by atoms with Gasteiger partial charge in [0.1, 0.15) is 11.8 Å². The molecule has 20 heavy (non-hydrogen) atoms. The molecule has 0 spiro atoms. The molecule has 1 amide bonds. The van der Waals surface area contributed by atoms with Crippen LogP contribution >= 0.6 is 0 Å². The zero-order valence-corrected chi connectivity index (χ0v) is 10.7. The summed E-state index contributed by atoms with van der Waals surface area (Å²) in [6.45, 7) is 1.46. The van der Waals surface area contributed by atoms with E-state index in [0.29, 0.717) is 0 Å². The van der Waals surface area contributed by atoms with Crippen LogP contribution in [0.4, 0.5) is 13.2 Å².